The zero-order chi connectivity index (χ0) is 7.72. The zero-order valence-electron chi connectivity index (χ0n) is 6.80. The number of nitrogens with zero attached hydrogens (tertiary/aromatic N) is 2. The second kappa shape index (κ2) is 2.02. The number of hydrogen-bond acceptors (Lipinski definition) is 2. The van der Waals surface area contributed by atoms with Crippen molar-refractivity contribution in [3.8, 4) is 0 Å². The highest BCUT2D eigenvalue weighted by Gasteiger charge is 1.77. The van der Waals surface area contributed by atoms with Gasteiger partial charge in [-0.2, -0.15) is 0 Å². The Hall–Kier alpha value is -0.440. The topological polar surface area (TPSA) is 17.8 Å². The van der Waals surface area contributed by atoms with Crippen LogP contribution in [0.4, 0.5) is 0 Å². The summed E-state index contributed by atoms with van der Waals surface area (Å²) in [5.41, 5.74) is 0. The fraction of sp³-hybridized carbons (Fsp3) is 0.250. The molecule has 38 valence electrons. The number of hydrogen-bond donors (Lipinski definition) is 0. The van der Waals surface area contributed by atoms with Gasteiger partial charge in [0, 0.05) is 18.6 Å². The lowest BCUT2D eigenvalue weighted by atomic mass is 11.0. The predicted octanol–water partition coefficient (Wildman–Crippen LogP) is 1.01. The van der Waals surface area contributed by atoms with E-state index in [9.17, 15) is 0 Å². The summed E-state index contributed by atoms with van der Waals surface area (Å²) in [6.45, 7) is 0. The second-order valence-electron chi connectivity index (χ2n) is 0.912. The van der Waals surface area contributed by atoms with Crippen molar-refractivity contribution >= 4 is 11.9 Å². The first-order valence-electron chi connectivity index (χ1n) is 3.24. The van der Waals surface area contributed by atoms with Crippen LogP contribution >= 0.6 is 11.9 Å². The summed E-state index contributed by atoms with van der Waals surface area (Å²) in [4.78, 5) is 3.47. The van der Waals surface area contributed by atoms with E-state index >= 15 is 0 Å². The highest BCUT2D eigenvalue weighted by Crippen LogP contribution is 1.95. The molecule has 0 atom stereocenters. The lowest BCUT2D eigenvalue weighted by molar-refractivity contribution is 1.24. The van der Waals surface area contributed by atoms with E-state index in [4.69, 9.17) is 4.11 Å². The zero-order valence-corrected chi connectivity index (χ0v) is 4.62. The number of rotatable bonds is 1. The molecule has 0 aliphatic rings. The monoisotopic (exact) mass is 117 g/mol. The average molecular weight is 117 g/mol. The molecule has 0 aliphatic carbocycles. The Labute approximate surface area is 50.9 Å². The van der Waals surface area contributed by atoms with Crippen LogP contribution in [0.1, 0.15) is 4.11 Å². The summed E-state index contributed by atoms with van der Waals surface area (Å²) >= 11 is 1.20. The Morgan fingerprint density at radius 3 is 3.14 bits per heavy atom. The molecular formula is C4H6N2S. The van der Waals surface area contributed by atoms with Crippen LogP contribution in [0.3, 0.4) is 0 Å². The molecule has 0 amide bonds. The Bertz CT molecular complexity index is 247. The maximum Gasteiger partial charge on any atom is 0.105 e. The molecule has 0 bridgehead atoms. The van der Waals surface area contributed by atoms with Crippen LogP contribution in [-0.2, 0) is 0 Å². The van der Waals surface area contributed by atoms with E-state index in [1.807, 2.05) is 0 Å². The van der Waals surface area contributed by atoms with Crippen molar-refractivity contribution in [3.63, 3.8) is 0 Å². The number of aromatic nitrogens is 2. The first-order valence-corrected chi connectivity index (χ1v) is 2.92. The Kier molecular flexibility index (Phi) is 0.641. The third-order valence-corrected chi connectivity index (χ3v) is 1.07. The van der Waals surface area contributed by atoms with Crippen molar-refractivity contribution in [1.29, 1.82) is 0 Å². The van der Waals surface area contributed by atoms with Gasteiger partial charge in [-0.15, -0.1) is 0 Å². The van der Waals surface area contributed by atoms with Gasteiger partial charge in [0.25, 0.3) is 0 Å². The molecule has 1 aromatic heterocycles. The molecule has 7 heavy (non-hydrogen) atoms. The molecule has 0 N–H and O–H groups in total. The minimum absolute atomic E-state index is 0.0162. The molecule has 2 nitrogen and oxygen atoms in total. The molecular weight excluding hydrogens is 108 g/mol. The van der Waals surface area contributed by atoms with E-state index in [0.29, 0.717) is 0 Å². The molecule has 0 saturated carbocycles. The Morgan fingerprint density at radius 1 is 2.00 bits per heavy atom. The third kappa shape index (κ3) is 0.962. The van der Waals surface area contributed by atoms with Gasteiger partial charge >= 0.3 is 0 Å². The molecule has 0 unspecified atom stereocenters. The first kappa shape index (κ1) is 2.22. The lowest BCUT2D eigenvalue weighted by Crippen LogP contribution is -1.73. The van der Waals surface area contributed by atoms with Gasteiger partial charge in [0.2, 0.25) is 0 Å². The largest absolute Gasteiger partial charge is 0.280 e. The van der Waals surface area contributed by atoms with E-state index in [0.717, 1.165) is 0 Å². The Balaban J connectivity index is 3.20. The van der Waals surface area contributed by atoms with Crippen molar-refractivity contribution < 1.29 is 4.11 Å². The van der Waals surface area contributed by atoms with Crippen molar-refractivity contribution in [3.05, 3.63) is 18.6 Å². The fourth-order valence-corrected chi connectivity index (χ4v) is 0.507. The van der Waals surface area contributed by atoms with Crippen molar-refractivity contribution in [2.45, 2.75) is 0 Å². The van der Waals surface area contributed by atoms with Crippen LogP contribution in [0.25, 0.3) is 0 Å². The van der Waals surface area contributed by atoms with E-state index in [-0.39, 0.29) is 18.6 Å². The van der Waals surface area contributed by atoms with Crippen LogP contribution < -0.4 is 0 Å². The summed E-state index contributed by atoms with van der Waals surface area (Å²) < 4.78 is 22.6. The van der Waals surface area contributed by atoms with Gasteiger partial charge in [0.05, 0.1) is 2.74 Å². The SMILES string of the molecule is [2H]c1nc([2H])n(SC)c1[2H]. The van der Waals surface area contributed by atoms with E-state index in [2.05, 4.69) is 4.98 Å². The van der Waals surface area contributed by atoms with E-state index in [1.54, 1.807) is 6.26 Å². The van der Waals surface area contributed by atoms with Gasteiger partial charge < -0.3 is 0 Å². The van der Waals surface area contributed by atoms with Crippen LogP contribution in [0.5, 0.6) is 0 Å². The third-order valence-electron chi connectivity index (χ3n) is 0.531. The normalized spacial score (nSPS) is 15.3. The first-order chi connectivity index (χ1) is 4.66. The minimum Gasteiger partial charge on any atom is -0.280 e. The predicted molar refractivity (Wildman–Crippen MR) is 31.1 cm³/mol. The van der Waals surface area contributed by atoms with Gasteiger partial charge in [0.15, 0.2) is 0 Å². The van der Waals surface area contributed by atoms with Gasteiger partial charge in [-0.25, -0.2) is 4.98 Å². The molecule has 0 aliphatic heterocycles. The van der Waals surface area contributed by atoms with Crippen LogP contribution in [0.2, 0.25) is 0 Å². The van der Waals surface area contributed by atoms with Crippen LogP contribution in [0, 0.1) is 0 Å². The minimum atomic E-state index is -0.139. The average Bonchev–Trinajstić information content (AvgIpc) is 2.09. The lowest BCUT2D eigenvalue weighted by Gasteiger charge is -1.86. The van der Waals surface area contributed by atoms with Crippen molar-refractivity contribution in [2.24, 2.45) is 0 Å². The Morgan fingerprint density at radius 2 is 2.86 bits per heavy atom. The second-order valence-corrected chi connectivity index (χ2v) is 1.64. The fourth-order valence-electron chi connectivity index (χ4n) is 0.252. The van der Waals surface area contributed by atoms with E-state index in [1.165, 1.54) is 15.9 Å². The van der Waals surface area contributed by atoms with Gasteiger partial charge in [-0.05, 0) is 11.9 Å². The standard InChI is InChI=1S/C4H6N2S/c1-7-6-3-2-5-4-6/h2-4H,1H3/i2D,3D,4D. The molecule has 1 rings (SSSR count). The molecule has 1 aromatic rings. The molecule has 0 aromatic carbocycles. The summed E-state index contributed by atoms with van der Waals surface area (Å²) in [6, 6.07) is 0. The maximum absolute atomic E-state index is 7.19. The molecule has 0 fully saturated rings. The maximum atomic E-state index is 7.19. The molecule has 3 heteroatoms. The van der Waals surface area contributed by atoms with Crippen LogP contribution in [-0.4, -0.2) is 15.2 Å². The molecule has 1 heterocycles. The smallest absolute Gasteiger partial charge is 0.105 e. The van der Waals surface area contributed by atoms with E-state index < -0.39 is 0 Å². The quantitative estimate of drug-likeness (QED) is 0.546. The van der Waals surface area contributed by atoms with Gasteiger partial charge in [0.1, 0.15) is 7.67 Å². The van der Waals surface area contributed by atoms with Crippen molar-refractivity contribution in [2.75, 3.05) is 6.26 Å². The van der Waals surface area contributed by atoms with Crippen molar-refractivity contribution in [1.82, 2.24) is 8.96 Å². The highest BCUT2D eigenvalue weighted by atomic mass is 32.2. The van der Waals surface area contributed by atoms with Gasteiger partial charge in [-0.1, -0.05) is 0 Å². The summed E-state index contributed by atoms with van der Waals surface area (Å²) in [6.07, 6.45) is 1.54. The van der Waals surface area contributed by atoms with Crippen LogP contribution in [0.15, 0.2) is 18.6 Å². The number of imidazole rings is 1. The molecule has 0 spiro atoms. The van der Waals surface area contributed by atoms with Gasteiger partial charge in [-0.3, -0.25) is 3.97 Å². The summed E-state index contributed by atoms with van der Waals surface area (Å²) in [5.74, 6) is 0. The highest BCUT2D eigenvalue weighted by molar-refractivity contribution is 7.97. The summed E-state index contributed by atoms with van der Waals surface area (Å²) in [7, 11) is 0. The summed E-state index contributed by atoms with van der Waals surface area (Å²) in [5, 5.41) is 0. The molecule has 0 radical (unpaired) electrons. The molecule has 0 saturated heterocycles.